The topological polar surface area (TPSA) is 28.3 Å². The fourth-order valence-corrected chi connectivity index (χ4v) is 4.37. The Morgan fingerprint density at radius 1 is 0.880 bits per heavy atom. The number of nitrogens with zero attached hydrogens (tertiary/aromatic N) is 1. The van der Waals surface area contributed by atoms with E-state index in [1.807, 2.05) is 0 Å². The van der Waals surface area contributed by atoms with Crippen molar-refractivity contribution in [3.05, 3.63) is 36.0 Å². The zero-order valence-corrected chi connectivity index (χ0v) is 17.2. The van der Waals surface area contributed by atoms with E-state index >= 15 is 0 Å². The van der Waals surface area contributed by atoms with E-state index in [9.17, 15) is 0 Å². The number of fused-ring (bicyclic) bond motifs is 1. The van der Waals surface area contributed by atoms with Crippen LogP contribution in [0.15, 0.2) is 30.5 Å². The van der Waals surface area contributed by atoms with Crippen LogP contribution in [-0.4, -0.2) is 101 Å². The second-order valence-corrected chi connectivity index (χ2v) is 9.50. The number of H-pyrrole nitrogens is 1. The van der Waals surface area contributed by atoms with Gasteiger partial charge in [0.15, 0.2) is 0 Å². The lowest BCUT2D eigenvalue weighted by Crippen LogP contribution is -2.86. The van der Waals surface area contributed by atoms with E-state index in [1.54, 1.807) is 0 Å². The second kappa shape index (κ2) is 5.85. The second-order valence-electron chi connectivity index (χ2n) is 9.50. The van der Waals surface area contributed by atoms with Gasteiger partial charge in [0.1, 0.15) is 62.8 Å². The minimum Gasteiger partial charge on any atom is -0.403 e. The molecule has 2 aromatic rings. The first-order valence-corrected chi connectivity index (χ1v) is 9.43. The third kappa shape index (κ3) is 2.88. The molecule has 0 amide bonds. The largest absolute Gasteiger partial charge is 0.403 e. The third-order valence-corrected chi connectivity index (χ3v) is 7.09. The standard InChI is InChI=1S/C14H26B8N2O/c15-11(16)13(19,20)25-14(21,22)12(17,18)24(11)6-5-8-7-23-10-4-2-1-3-9(8)10/h1-4,7,23H,5-6,15-22H2. The lowest BCUT2D eigenvalue weighted by atomic mass is 9.30. The number of ether oxygens (including phenoxy) is 1. The molecular formula is C14H26B8N2O. The fraction of sp³-hybridized carbons (Fsp3) is 0.429. The Kier molecular flexibility index (Phi) is 4.44. The van der Waals surface area contributed by atoms with Gasteiger partial charge in [-0.05, 0) is 28.7 Å². The normalized spacial score (nSPS) is 24.2. The minimum absolute atomic E-state index is 0.0574. The van der Waals surface area contributed by atoms with Gasteiger partial charge in [0.2, 0.25) is 0 Å². The zero-order chi connectivity index (χ0) is 18.7. The molecule has 122 valence electrons. The van der Waals surface area contributed by atoms with Crippen LogP contribution in [0.5, 0.6) is 0 Å². The maximum atomic E-state index is 6.58. The van der Waals surface area contributed by atoms with Crippen molar-refractivity contribution in [1.82, 2.24) is 9.88 Å². The van der Waals surface area contributed by atoms with Crippen LogP contribution in [0, 0.1) is 0 Å². The van der Waals surface area contributed by atoms with Gasteiger partial charge in [0, 0.05) is 34.4 Å². The molecule has 0 atom stereocenters. The van der Waals surface area contributed by atoms with Crippen LogP contribution < -0.4 is 0 Å². The van der Waals surface area contributed by atoms with E-state index in [2.05, 4.69) is 103 Å². The third-order valence-electron chi connectivity index (χ3n) is 7.09. The van der Waals surface area contributed by atoms with Crippen molar-refractivity contribution in [1.29, 1.82) is 0 Å². The van der Waals surface area contributed by atoms with E-state index < -0.39 is 0 Å². The Balaban J connectivity index is 1.93. The molecule has 0 bridgehead atoms. The smallest absolute Gasteiger partial charge is 0.132 e. The van der Waals surface area contributed by atoms with Crippen LogP contribution in [0.3, 0.4) is 0 Å². The summed E-state index contributed by atoms with van der Waals surface area (Å²) in [5.74, 6) is 0. The Morgan fingerprint density at radius 3 is 2.04 bits per heavy atom. The average Bonchev–Trinajstić information content (AvgIpc) is 2.88. The number of hydrogen-bond acceptors (Lipinski definition) is 2. The molecule has 1 aliphatic heterocycles. The highest BCUT2D eigenvalue weighted by Gasteiger charge is 2.58. The van der Waals surface area contributed by atoms with Gasteiger partial charge >= 0.3 is 0 Å². The first-order valence-electron chi connectivity index (χ1n) is 9.43. The summed E-state index contributed by atoms with van der Waals surface area (Å²) >= 11 is 0. The van der Waals surface area contributed by atoms with Crippen molar-refractivity contribution in [2.75, 3.05) is 6.54 Å². The molecule has 1 N–H and O–H groups in total. The van der Waals surface area contributed by atoms with Crippen LogP contribution in [0.1, 0.15) is 5.56 Å². The van der Waals surface area contributed by atoms with Gasteiger partial charge in [-0.2, -0.15) is 0 Å². The lowest BCUT2D eigenvalue weighted by molar-refractivity contribution is -0.111. The van der Waals surface area contributed by atoms with Gasteiger partial charge in [0.25, 0.3) is 0 Å². The number of morpholine rings is 1. The molecule has 1 aromatic carbocycles. The Bertz CT molecular complexity index is 762. The van der Waals surface area contributed by atoms with Crippen LogP contribution in [-0.2, 0) is 11.2 Å². The molecule has 0 aliphatic carbocycles. The molecule has 11 heteroatoms. The van der Waals surface area contributed by atoms with Gasteiger partial charge in [0.05, 0.1) is 0 Å². The molecular weight excluding hydrogens is 299 g/mol. The number of aromatic nitrogens is 1. The van der Waals surface area contributed by atoms with Crippen LogP contribution in [0.25, 0.3) is 10.9 Å². The molecule has 0 radical (unpaired) electrons. The van der Waals surface area contributed by atoms with Crippen molar-refractivity contribution < 1.29 is 4.74 Å². The summed E-state index contributed by atoms with van der Waals surface area (Å²) in [5, 5.41) is 0.791. The highest BCUT2D eigenvalue weighted by Crippen LogP contribution is 2.39. The predicted octanol–water partition coefficient (Wildman–Crippen LogP) is -6.28. The molecule has 3 nitrogen and oxygen atoms in total. The van der Waals surface area contributed by atoms with E-state index in [4.69, 9.17) is 4.74 Å². The van der Waals surface area contributed by atoms with E-state index in [1.165, 1.54) is 16.5 Å². The van der Waals surface area contributed by atoms with Crippen molar-refractivity contribution >= 4 is 73.7 Å². The Labute approximate surface area is 159 Å². The Morgan fingerprint density at radius 2 is 1.44 bits per heavy atom. The molecule has 1 fully saturated rings. The summed E-state index contributed by atoms with van der Waals surface area (Å²) in [5.41, 5.74) is 2.61. The molecule has 1 aromatic heterocycles. The summed E-state index contributed by atoms with van der Waals surface area (Å²) in [6.45, 7) is 1.01. The van der Waals surface area contributed by atoms with Gasteiger partial charge in [-0.25, -0.2) is 0 Å². The van der Waals surface area contributed by atoms with Crippen LogP contribution in [0.2, 0.25) is 0 Å². The molecule has 2 heterocycles. The molecule has 0 saturated carbocycles. The molecule has 3 rings (SSSR count). The van der Waals surface area contributed by atoms with Crippen molar-refractivity contribution in [3.63, 3.8) is 0 Å². The maximum Gasteiger partial charge on any atom is 0.132 e. The quantitative estimate of drug-likeness (QED) is 0.569. The van der Waals surface area contributed by atoms with Crippen molar-refractivity contribution in [2.24, 2.45) is 0 Å². The first-order chi connectivity index (χ1) is 11.4. The van der Waals surface area contributed by atoms with Crippen LogP contribution in [0.4, 0.5) is 0 Å². The number of para-hydroxylation sites is 1. The SMILES string of the molecule is BC1(B)OC(B)(B)C(B)(B)N(CCc2c[nH]c3ccccc23)C1(B)B. The highest BCUT2D eigenvalue weighted by atomic mass is 16.5. The van der Waals surface area contributed by atoms with E-state index in [0.29, 0.717) is 0 Å². The van der Waals surface area contributed by atoms with Crippen molar-refractivity contribution in [2.45, 2.75) is 27.9 Å². The van der Waals surface area contributed by atoms with E-state index in [0.717, 1.165) is 13.0 Å². The zero-order valence-electron chi connectivity index (χ0n) is 17.2. The molecule has 0 unspecified atom stereocenters. The van der Waals surface area contributed by atoms with Gasteiger partial charge in [-0.15, -0.1) is 0 Å². The monoisotopic (exact) mass is 326 g/mol. The highest BCUT2D eigenvalue weighted by molar-refractivity contribution is 6.59. The van der Waals surface area contributed by atoms with Gasteiger partial charge < -0.3 is 14.6 Å². The number of hydrogen-bond donors (Lipinski definition) is 1. The summed E-state index contributed by atoms with van der Waals surface area (Å²) in [6, 6.07) is 8.56. The van der Waals surface area contributed by atoms with Gasteiger partial charge in [-0.1, -0.05) is 18.2 Å². The summed E-state index contributed by atoms with van der Waals surface area (Å²) < 4.78 is 6.58. The molecule has 0 spiro atoms. The molecule has 25 heavy (non-hydrogen) atoms. The number of rotatable bonds is 3. The maximum absolute atomic E-state index is 6.58. The number of aromatic amines is 1. The first kappa shape index (κ1) is 19.0. The van der Waals surface area contributed by atoms with Gasteiger partial charge in [-0.3, -0.25) is 0 Å². The molecule has 1 aliphatic rings. The fourth-order valence-electron chi connectivity index (χ4n) is 4.37. The number of nitrogens with one attached hydrogen (secondary N) is 1. The predicted molar refractivity (Wildman–Crippen MR) is 129 cm³/mol. The van der Waals surface area contributed by atoms with Crippen LogP contribution >= 0.6 is 0 Å². The summed E-state index contributed by atoms with van der Waals surface area (Å²) in [7, 11) is 18.2. The van der Waals surface area contributed by atoms with E-state index in [-0.39, 0.29) is 21.5 Å². The minimum atomic E-state index is -0.216. The lowest BCUT2D eigenvalue weighted by Gasteiger charge is -2.68. The number of benzene rings is 1. The van der Waals surface area contributed by atoms with Crippen molar-refractivity contribution in [3.8, 4) is 0 Å². The average molecular weight is 325 g/mol. The summed E-state index contributed by atoms with van der Waals surface area (Å²) in [4.78, 5) is 6.06. The summed E-state index contributed by atoms with van der Waals surface area (Å²) in [6.07, 6.45) is 3.20. The molecule has 1 saturated heterocycles. The Hall–Kier alpha value is -0.801.